The zero-order valence-corrected chi connectivity index (χ0v) is 15.4. The Bertz CT molecular complexity index is 1130. The molecule has 0 spiro atoms. The number of carbonyl (C=O) groups is 1. The van der Waals surface area contributed by atoms with E-state index in [-0.39, 0.29) is 10.6 Å². The van der Waals surface area contributed by atoms with Gasteiger partial charge in [0.2, 0.25) is 0 Å². The van der Waals surface area contributed by atoms with Crippen LogP contribution in [0.5, 0.6) is 11.5 Å². The van der Waals surface area contributed by atoms with Crippen molar-refractivity contribution in [1.29, 1.82) is 0 Å². The third kappa shape index (κ3) is 3.73. The number of halogens is 4. The van der Waals surface area contributed by atoms with Crippen molar-refractivity contribution in [3.05, 3.63) is 81.9 Å². The molecule has 4 rings (SSSR count). The average Bonchev–Trinajstić information content (AvgIpc) is 2.64. The first-order chi connectivity index (χ1) is 13.7. The number of benzene rings is 3. The predicted molar refractivity (Wildman–Crippen MR) is 102 cm³/mol. The quantitative estimate of drug-likeness (QED) is 0.398. The molecule has 0 aliphatic carbocycles. The smallest absolute Gasteiger partial charge is 0.417 e. The van der Waals surface area contributed by atoms with Gasteiger partial charge in [-0.1, -0.05) is 29.8 Å². The Morgan fingerprint density at radius 2 is 1.76 bits per heavy atom. The van der Waals surface area contributed by atoms with Gasteiger partial charge < -0.3 is 15.2 Å². The minimum atomic E-state index is -4.50. The lowest BCUT2D eigenvalue weighted by Gasteiger charge is -2.23. The summed E-state index contributed by atoms with van der Waals surface area (Å²) in [7, 11) is 0. The Labute approximate surface area is 168 Å². The van der Waals surface area contributed by atoms with Crippen molar-refractivity contribution in [3.63, 3.8) is 0 Å². The first-order valence-electron chi connectivity index (χ1n) is 8.52. The van der Waals surface area contributed by atoms with E-state index in [4.69, 9.17) is 16.3 Å². The molecule has 0 atom stereocenters. The molecule has 1 aliphatic heterocycles. The van der Waals surface area contributed by atoms with Crippen LogP contribution in [0.15, 0.2) is 54.6 Å². The van der Waals surface area contributed by atoms with Crippen molar-refractivity contribution in [1.82, 2.24) is 0 Å². The highest BCUT2D eigenvalue weighted by Gasteiger charge is 2.33. The maximum atomic E-state index is 12.9. The molecule has 0 amide bonds. The average molecular weight is 420 g/mol. The van der Waals surface area contributed by atoms with Gasteiger partial charge in [-0.3, -0.25) is 0 Å². The van der Waals surface area contributed by atoms with E-state index in [0.717, 1.165) is 11.6 Å². The van der Waals surface area contributed by atoms with Crippen molar-refractivity contribution < 1.29 is 27.8 Å². The molecule has 1 heterocycles. The van der Waals surface area contributed by atoms with E-state index in [0.29, 0.717) is 34.9 Å². The molecule has 4 nitrogen and oxygen atoms in total. The van der Waals surface area contributed by atoms with Crippen LogP contribution < -0.4 is 10.1 Å². The highest BCUT2D eigenvalue weighted by molar-refractivity contribution is 6.31. The standard InChI is InChI=1S/C21H13ClF3NO3/c22-15-9-11(4-6-14(15)21(23,24)25)8-12-5-7-16-18(10-12)29-17-3-1-2-13(20(27)28)19(17)26-16/h1-7,9-10,26H,8H2,(H,27,28). The van der Waals surface area contributed by atoms with E-state index in [9.17, 15) is 23.1 Å². The van der Waals surface area contributed by atoms with Gasteiger partial charge >= 0.3 is 12.1 Å². The topological polar surface area (TPSA) is 58.6 Å². The van der Waals surface area contributed by atoms with Crippen molar-refractivity contribution in [2.45, 2.75) is 12.6 Å². The van der Waals surface area contributed by atoms with Gasteiger partial charge in [-0.15, -0.1) is 0 Å². The van der Waals surface area contributed by atoms with Crippen molar-refractivity contribution in [3.8, 4) is 11.5 Å². The Hall–Kier alpha value is -3.19. The highest BCUT2D eigenvalue weighted by Crippen LogP contribution is 2.44. The summed E-state index contributed by atoms with van der Waals surface area (Å²) < 4.78 is 44.4. The van der Waals surface area contributed by atoms with Crippen LogP contribution in [0.1, 0.15) is 27.0 Å². The molecule has 3 aromatic carbocycles. The molecule has 1 aliphatic rings. The molecule has 3 aromatic rings. The fraction of sp³-hybridized carbons (Fsp3) is 0.0952. The van der Waals surface area contributed by atoms with Crippen molar-refractivity contribution >= 4 is 28.9 Å². The normalized spacial score (nSPS) is 12.4. The maximum Gasteiger partial charge on any atom is 0.417 e. The summed E-state index contributed by atoms with van der Waals surface area (Å²) >= 11 is 5.79. The molecule has 0 saturated heterocycles. The number of para-hydroxylation sites is 1. The number of hydrogen-bond donors (Lipinski definition) is 2. The number of carboxylic acids is 1. The number of aromatic carboxylic acids is 1. The zero-order chi connectivity index (χ0) is 20.8. The van der Waals surface area contributed by atoms with Crippen LogP contribution in [0, 0.1) is 0 Å². The first-order valence-corrected chi connectivity index (χ1v) is 8.90. The third-order valence-corrected chi connectivity index (χ3v) is 4.84. The molecule has 0 aromatic heterocycles. The largest absolute Gasteiger partial charge is 0.478 e. The van der Waals surface area contributed by atoms with Gasteiger partial charge in [0.25, 0.3) is 0 Å². The summed E-state index contributed by atoms with van der Waals surface area (Å²) in [6.45, 7) is 0. The van der Waals surface area contributed by atoms with Crippen LogP contribution in [-0.2, 0) is 12.6 Å². The molecule has 148 valence electrons. The molecule has 0 bridgehead atoms. The second-order valence-corrected chi connectivity index (χ2v) is 6.94. The monoisotopic (exact) mass is 419 g/mol. The molecule has 0 unspecified atom stereocenters. The van der Waals surface area contributed by atoms with E-state index < -0.39 is 17.7 Å². The number of alkyl halides is 3. The Morgan fingerprint density at radius 3 is 2.45 bits per heavy atom. The summed E-state index contributed by atoms with van der Waals surface area (Å²) in [5.74, 6) is -0.195. The van der Waals surface area contributed by atoms with Crippen molar-refractivity contribution in [2.75, 3.05) is 5.32 Å². The highest BCUT2D eigenvalue weighted by atomic mass is 35.5. The van der Waals surface area contributed by atoms with Gasteiger partial charge in [-0.25, -0.2) is 4.79 Å². The summed E-state index contributed by atoms with van der Waals surface area (Å²) in [6.07, 6.45) is -4.14. The molecule has 8 heteroatoms. The lowest BCUT2D eigenvalue weighted by atomic mass is 10.0. The minimum absolute atomic E-state index is 0.0941. The van der Waals surface area contributed by atoms with Crippen LogP contribution in [0.4, 0.5) is 24.5 Å². The Balaban J connectivity index is 1.60. The summed E-state index contributed by atoms with van der Waals surface area (Å²) in [5.41, 5.74) is 1.62. The van der Waals surface area contributed by atoms with E-state index in [1.54, 1.807) is 30.3 Å². The number of hydrogen-bond acceptors (Lipinski definition) is 3. The van der Waals surface area contributed by atoms with Crippen LogP contribution in [0.2, 0.25) is 5.02 Å². The van der Waals surface area contributed by atoms with E-state index in [1.807, 2.05) is 0 Å². The van der Waals surface area contributed by atoms with Gasteiger partial charge in [-0.05, 0) is 53.9 Å². The van der Waals surface area contributed by atoms with Crippen LogP contribution in [0.25, 0.3) is 0 Å². The van der Waals surface area contributed by atoms with E-state index in [2.05, 4.69) is 5.32 Å². The van der Waals surface area contributed by atoms with Gasteiger partial charge in [0, 0.05) is 0 Å². The van der Waals surface area contributed by atoms with Crippen molar-refractivity contribution in [2.24, 2.45) is 0 Å². The van der Waals surface area contributed by atoms with Gasteiger partial charge in [0.1, 0.15) is 0 Å². The van der Waals surface area contributed by atoms with Gasteiger partial charge in [-0.2, -0.15) is 13.2 Å². The first kappa shape index (κ1) is 19.1. The van der Waals surface area contributed by atoms with Crippen LogP contribution in [0.3, 0.4) is 0 Å². The molecular weight excluding hydrogens is 407 g/mol. The number of anilines is 2. The van der Waals surface area contributed by atoms with E-state index in [1.165, 1.54) is 18.2 Å². The lowest BCUT2D eigenvalue weighted by molar-refractivity contribution is -0.137. The molecule has 2 N–H and O–H groups in total. The Kier molecular flexibility index (Phi) is 4.62. The molecule has 0 saturated carbocycles. The fourth-order valence-corrected chi connectivity index (χ4v) is 3.49. The van der Waals surface area contributed by atoms with Crippen LogP contribution >= 0.6 is 11.6 Å². The molecule has 0 radical (unpaired) electrons. The second kappa shape index (κ2) is 7.00. The molecule has 0 fully saturated rings. The predicted octanol–water partition coefficient (Wildman–Crippen LogP) is 6.50. The van der Waals surface area contributed by atoms with Gasteiger partial charge in [0.05, 0.1) is 27.5 Å². The maximum absolute atomic E-state index is 12.9. The molecule has 29 heavy (non-hydrogen) atoms. The van der Waals surface area contributed by atoms with Gasteiger partial charge in [0.15, 0.2) is 11.5 Å². The number of ether oxygens (including phenoxy) is 1. The third-order valence-electron chi connectivity index (χ3n) is 4.53. The Morgan fingerprint density at radius 1 is 1.03 bits per heavy atom. The summed E-state index contributed by atoms with van der Waals surface area (Å²) in [6, 6.07) is 13.7. The van der Waals surface area contributed by atoms with E-state index >= 15 is 0 Å². The number of rotatable bonds is 3. The number of nitrogens with one attached hydrogen (secondary N) is 1. The summed E-state index contributed by atoms with van der Waals surface area (Å²) in [4.78, 5) is 11.4. The summed E-state index contributed by atoms with van der Waals surface area (Å²) in [5, 5.41) is 12.0. The lowest BCUT2D eigenvalue weighted by Crippen LogP contribution is -2.09. The second-order valence-electron chi connectivity index (χ2n) is 6.53. The minimum Gasteiger partial charge on any atom is -0.478 e. The zero-order valence-electron chi connectivity index (χ0n) is 14.7. The SMILES string of the molecule is O=C(O)c1cccc2c1Nc1ccc(Cc3ccc(C(F)(F)F)c(Cl)c3)cc1O2. The van der Waals surface area contributed by atoms with Crippen LogP contribution in [-0.4, -0.2) is 11.1 Å². The molecular formula is C21H13ClF3NO3. The number of fused-ring (bicyclic) bond motifs is 2. The fourth-order valence-electron chi connectivity index (χ4n) is 3.18. The number of carboxylic acid groups (broad SMARTS) is 1.